The van der Waals surface area contributed by atoms with Gasteiger partial charge in [0.15, 0.2) is 0 Å². The summed E-state index contributed by atoms with van der Waals surface area (Å²) in [6.07, 6.45) is 5.35. The highest BCUT2D eigenvalue weighted by atomic mass is 16.5. The number of rotatable bonds is 5. The lowest BCUT2D eigenvalue weighted by Gasteiger charge is -2.32. The van der Waals surface area contributed by atoms with E-state index in [0.717, 1.165) is 19.4 Å². The molecule has 0 bridgehead atoms. The number of hydrogen-bond donors (Lipinski definition) is 0. The standard InChI is InChI=1S/C19H22N2O3/c1-2-23-15-9-12-21(13-10-15)19(22)17-7-3-4-8-18(17)24-16-6-5-11-20-14-16/h3-8,11,14-15H,2,9-10,12-13H2,1H3. The molecule has 0 radical (unpaired) electrons. The number of aromatic nitrogens is 1. The highest BCUT2D eigenvalue weighted by Gasteiger charge is 2.25. The van der Waals surface area contributed by atoms with E-state index in [1.165, 1.54) is 0 Å². The van der Waals surface area contributed by atoms with Crippen LogP contribution in [0.1, 0.15) is 30.1 Å². The average Bonchev–Trinajstić information content (AvgIpc) is 2.63. The summed E-state index contributed by atoms with van der Waals surface area (Å²) < 4.78 is 11.5. The van der Waals surface area contributed by atoms with Crippen molar-refractivity contribution < 1.29 is 14.3 Å². The Bertz CT molecular complexity index is 667. The smallest absolute Gasteiger partial charge is 0.257 e. The molecule has 1 aliphatic rings. The molecule has 0 saturated carbocycles. The number of benzene rings is 1. The van der Waals surface area contributed by atoms with Crippen LogP contribution < -0.4 is 4.74 Å². The molecular weight excluding hydrogens is 304 g/mol. The quantitative estimate of drug-likeness (QED) is 0.843. The number of likely N-dealkylation sites (tertiary alicyclic amines) is 1. The molecule has 24 heavy (non-hydrogen) atoms. The Morgan fingerprint density at radius 3 is 2.71 bits per heavy atom. The number of carbonyl (C=O) groups is 1. The molecule has 2 aromatic rings. The van der Waals surface area contributed by atoms with Crippen molar-refractivity contribution in [2.75, 3.05) is 19.7 Å². The fourth-order valence-corrected chi connectivity index (χ4v) is 2.90. The van der Waals surface area contributed by atoms with E-state index in [4.69, 9.17) is 9.47 Å². The third-order valence-electron chi connectivity index (χ3n) is 4.11. The first-order valence-corrected chi connectivity index (χ1v) is 8.35. The third kappa shape index (κ3) is 3.92. The van der Waals surface area contributed by atoms with E-state index in [-0.39, 0.29) is 12.0 Å². The molecule has 0 atom stereocenters. The first-order valence-electron chi connectivity index (χ1n) is 8.35. The predicted octanol–water partition coefficient (Wildman–Crippen LogP) is 3.52. The van der Waals surface area contributed by atoms with Gasteiger partial charge in [0.05, 0.1) is 17.9 Å². The number of ether oxygens (including phenoxy) is 2. The SMILES string of the molecule is CCOC1CCN(C(=O)c2ccccc2Oc2cccnc2)CC1. The van der Waals surface area contributed by atoms with Crippen molar-refractivity contribution >= 4 is 5.91 Å². The second kappa shape index (κ2) is 7.93. The fraction of sp³-hybridized carbons (Fsp3) is 0.368. The summed E-state index contributed by atoms with van der Waals surface area (Å²) in [4.78, 5) is 18.8. The summed E-state index contributed by atoms with van der Waals surface area (Å²) in [7, 11) is 0. The largest absolute Gasteiger partial charge is 0.455 e. The molecule has 0 aliphatic carbocycles. The minimum atomic E-state index is 0.00411. The highest BCUT2D eigenvalue weighted by Crippen LogP contribution is 2.27. The topological polar surface area (TPSA) is 51.7 Å². The van der Waals surface area contributed by atoms with Crippen LogP contribution in [0.5, 0.6) is 11.5 Å². The van der Waals surface area contributed by atoms with Crippen LogP contribution in [0.2, 0.25) is 0 Å². The van der Waals surface area contributed by atoms with Crippen molar-refractivity contribution in [1.82, 2.24) is 9.88 Å². The minimum absolute atomic E-state index is 0.00411. The molecule has 2 heterocycles. The van der Waals surface area contributed by atoms with Crippen molar-refractivity contribution in [2.45, 2.75) is 25.9 Å². The van der Waals surface area contributed by atoms with Crippen molar-refractivity contribution in [3.63, 3.8) is 0 Å². The van der Waals surface area contributed by atoms with E-state index >= 15 is 0 Å². The zero-order chi connectivity index (χ0) is 16.8. The lowest BCUT2D eigenvalue weighted by atomic mass is 10.1. The maximum absolute atomic E-state index is 12.9. The van der Waals surface area contributed by atoms with Crippen LogP contribution in [0, 0.1) is 0 Å². The van der Waals surface area contributed by atoms with Gasteiger partial charge in [0.2, 0.25) is 0 Å². The maximum atomic E-state index is 12.9. The second-order valence-electron chi connectivity index (χ2n) is 5.73. The van der Waals surface area contributed by atoms with E-state index in [2.05, 4.69) is 4.98 Å². The Hall–Kier alpha value is -2.40. The molecule has 0 spiro atoms. The first-order chi connectivity index (χ1) is 11.8. The fourth-order valence-electron chi connectivity index (χ4n) is 2.90. The summed E-state index contributed by atoms with van der Waals surface area (Å²) in [5.74, 6) is 1.18. The molecule has 3 rings (SSSR count). The van der Waals surface area contributed by atoms with Crippen LogP contribution in [0.4, 0.5) is 0 Å². The number of piperidine rings is 1. The van der Waals surface area contributed by atoms with E-state index in [9.17, 15) is 4.79 Å². The van der Waals surface area contributed by atoms with Crippen LogP contribution in [-0.2, 0) is 4.74 Å². The highest BCUT2D eigenvalue weighted by molar-refractivity contribution is 5.97. The van der Waals surface area contributed by atoms with Crippen LogP contribution in [0.3, 0.4) is 0 Å². The van der Waals surface area contributed by atoms with E-state index in [1.807, 2.05) is 42.2 Å². The van der Waals surface area contributed by atoms with Gasteiger partial charge in [0.1, 0.15) is 11.5 Å². The molecular formula is C19H22N2O3. The van der Waals surface area contributed by atoms with Gasteiger partial charge in [-0.3, -0.25) is 9.78 Å². The number of amides is 1. The van der Waals surface area contributed by atoms with Gasteiger partial charge in [-0.1, -0.05) is 12.1 Å². The zero-order valence-corrected chi connectivity index (χ0v) is 13.9. The number of pyridine rings is 1. The lowest BCUT2D eigenvalue weighted by molar-refractivity contribution is 0.0145. The van der Waals surface area contributed by atoms with Gasteiger partial charge in [-0.25, -0.2) is 0 Å². The van der Waals surface area contributed by atoms with Crippen molar-refractivity contribution in [2.24, 2.45) is 0 Å². The van der Waals surface area contributed by atoms with Crippen molar-refractivity contribution in [3.05, 3.63) is 54.4 Å². The molecule has 1 fully saturated rings. The normalized spacial score (nSPS) is 15.3. The molecule has 5 heteroatoms. The monoisotopic (exact) mass is 326 g/mol. The summed E-state index contributed by atoms with van der Waals surface area (Å²) in [6, 6.07) is 11.0. The molecule has 1 aromatic carbocycles. The van der Waals surface area contributed by atoms with Gasteiger partial charge in [-0.2, -0.15) is 0 Å². The average molecular weight is 326 g/mol. The Labute approximate surface area is 142 Å². The molecule has 0 unspecified atom stereocenters. The molecule has 5 nitrogen and oxygen atoms in total. The van der Waals surface area contributed by atoms with Gasteiger partial charge < -0.3 is 14.4 Å². The van der Waals surface area contributed by atoms with Gasteiger partial charge in [0, 0.05) is 25.9 Å². The van der Waals surface area contributed by atoms with Gasteiger partial charge in [0.25, 0.3) is 5.91 Å². The number of para-hydroxylation sites is 1. The molecule has 0 N–H and O–H groups in total. The predicted molar refractivity (Wildman–Crippen MR) is 91.3 cm³/mol. The number of carbonyl (C=O) groups excluding carboxylic acids is 1. The Kier molecular flexibility index (Phi) is 5.43. The van der Waals surface area contributed by atoms with E-state index in [1.54, 1.807) is 18.5 Å². The number of nitrogens with zero attached hydrogens (tertiary/aromatic N) is 2. The molecule has 1 aliphatic heterocycles. The lowest BCUT2D eigenvalue weighted by Crippen LogP contribution is -2.41. The van der Waals surface area contributed by atoms with Gasteiger partial charge in [-0.05, 0) is 44.0 Å². The molecule has 126 valence electrons. The second-order valence-corrected chi connectivity index (χ2v) is 5.73. The molecule has 1 aromatic heterocycles. The van der Waals surface area contributed by atoms with Gasteiger partial charge in [-0.15, -0.1) is 0 Å². The van der Waals surface area contributed by atoms with Crippen molar-refractivity contribution in [1.29, 1.82) is 0 Å². The maximum Gasteiger partial charge on any atom is 0.257 e. The first kappa shape index (κ1) is 16.5. The molecule has 1 amide bonds. The van der Waals surface area contributed by atoms with Crippen LogP contribution in [-0.4, -0.2) is 41.6 Å². The Balaban J connectivity index is 1.71. The Morgan fingerprint density at radius 2 is 2.00 bits per heavy atom. The minimum Gasteiger partial charge on any atom is -0.455 e. The zero-order valence-electron chi connectivity index (χ0n) is 13.9. The summed E-state index contributed by atoms with van der Waals surface area (Å²) in [5, 5.41) is 0. The van der Waals surface area contributed by atoms with E-state index in [0.29, 0.717) is 30.2 Å². The summed E-state index contributed by atoms with van der Waals surface area (Å²) in [6.45, 7) is 4.15. The number of hydrogen-bond acceptors (Lipinski definition) is 4. The van der Waals surface area contributed by atoms with Crippen LogP contribution in [0.15, 0.2) is 48.8 Å². The van der Waals surface area contributed by atoms with Crippen LogP contribution >= 0.6 is 0 Å². The summed E-state index contributed by atoms with van der Waals surface area (Å²) in [5.41, 5.74) is 0.580. The van der Waals surface area contributed by atoms with Crippen molar-refractivity contribution in [3.8, 4) is 11.5 Å². The summed E-state index contributed by atoms with van der Waals surface area (Å²) >= 11 is 0. The van der Waals surface area contributed by atoms with Crippen LogP contribution in [0.25, 0.3) is 0 Å². The van der Waals surface area contributed by atoms with Gasteiger partial charge >= 0.3 is 0 Å². The molecule has 1 saturated heterocycles. The third-order valence-corrected chi connectivity index (χ3v) is 4.11. The Morgan fingerprint density at radius 1 is 1.21 bits per heavy atom. The van der Waals surface area contributed by atoms with E-state index < -0.39 is 0 Å².